The van der Waals surface area contributed by atoms with Gasteiger partial charge in [-0.05, 0) is 24.3 Å². The van der Waals surface area contributed by atoms with Gasteiger partial charge in [0.25, 0.3) is 0 Å². The summed E-state index contributed by atoms with van der Waals surface area (Å²) in [5.41, 5.74) is 0. The van der Waals surface area contributed by atoms with Crippen LogP contribution >= 0.6 is 0 Å². The molecule has 19 heavy (non-hydrogen) atoms. The number of likely N-dealkylation sites (N-methyl/N-ethyl adjacent to an activating group) is 1. The Hall–Kier alpha value is -1.15. The number of methoxy groups -OCH3 is 1. The number of sulfonamides is 1. The second kappa shape index (κ2) is 7.44. The molecule has 0 aliphatic rings. The van der Waals surface area contributed by atoms with Gasteiger partial charge in [-0.25, -0.2) is 8.42 Å². The minimum absolute atomic E-state index is 0.0835. The maximum Gasteiger partial charge on any atom is 0.242 e. The molecule has 1 rings (SSSR count). The lowest BCUT2D eigenvalue weighted by molar-refractivity contribution is 0.185. The van der Waals surface area contributed by atoms with Gasteiger partial charge in [0.1, 0.15) is 12.4 Å². The largest absolute Gasteiger partial charge is 0.491 e. The van der Waals surface area contributed by atoms with Crippen molar-refractivity contribution >= 4 is 10.0 Å². The normalized spacial score (nSPS) is 11.8. The van der Waals surface area contributed by atoms with Crippen LogP contribution in [0.25, 0.3) is 0 Å². The van der Waals surface area contributed by atoms with E-state index in [9.17, 15) is 8.42 Å². The van der Waals surface area contributed by atoms with E-state index in [1.54, 1.807) is 12.1 Å². The summed E-state index contributed by atoms with van der Waals surface area (Å²) in [5.74, 6) is 0.521. The Kier molecular flexibility index (Phi) is 6.23. The van der Waals surface area contributed by atoms with Gasteiger partial charge in [-0.3, -0.25) is 0 Å². The molecule has 1 aromatic carbocycles. The highest BCUT2D eigenvalue weighted by atomic mass is 32.2. The minimum Gasteiger partial charge on any atom is -0.491 e. The summed E-state index contributed by atoms with van der Waals surface area (Å²) in [7, 11) is -0.474. The Morgan fingerprint density at radius 1 is 1.21 bits per heavy atom. The van der Waals surface area contributed by atoms with Gasteiger partial charge in [-0.15, -0.1) is 0 Å². The third-order valence-corrected chi connectivity index (χ3v) is 4.37. The zero-order valence-corrected chi connectivity index (χ0v) is 11.9. The molecule has 1 N–H and O–H groups in total. The van der Waals surface area contributed by atoms with Gasteiger partial charge < -0.3 is 14.6 Å². The molecule has 0 aliphatic heterocycles. The van der Waals surface area contributed by atoms with Crippen molar-refractivity contribution in [3.8, 4) is 5.75 Å². The number of hydrogen-bond acceptors (Lipinski definition) is 5. The molecule has 0 unspecified atom stereocenters. The fourth-order valence-electron chi connectivity index (χ4n) is 1.39. The first-order valence-electron chi connectivity index (χ1n) is 5.81. The van der Waals surface area contributed by atoms with Crippen LogP contribution in [0.3, 0.4) is 0 Å². The van der Waals surface area contributed by atoms with E-state index >= 15 is 0 Å². The van der Waals surface area contributed by atoms with Crippen molar-refractivity contribution in [3.05, 3.63) is 24.3 Å². The van der Waals surface area contributed by atoms with Gasteiger partial charge in [-0.1, -0.05) is 0 Å². The molecule has 0 aliphatic carbocycles. The molecule has 1 aromatic rings. The monoisotopic (exact) mass is 289 g/mol. The summed E-state index contributed by atoms with van der Waals surface area (Å²) in [5, 5.41) is 8.63. The van der Waals surface area contributed by atoms with Gasteiger partial charge in [0, 0.05) is 20.7 Å². The first kappa shape index (κ1) is 15.9. The van der Waals surface area contributed by atoms with Gasteiger partial charge >= 0.3 is 0 Å². The van der Waals surface area contributed by atoms with Crippen LogP contribution < -0.4 is 4.74 Å². The third-order valence-electron chi connectivity index (χ3n) is 2.50. The smallest absolute Gasteiger partial charge is 0.242 e. The highest BCUT2D eigenvalue weighted by molar-refractivity contribution is 7.89. The van der Waals surface area contributed by atoms with E-state index in [1.165, 1.54) is 30.6 Å². The Labute approximate surface area is 113 Å². The van der Waals surface area contributed by atoms with Crippen molar-refractivity contribution in [1.29, 1.82) is 0 Å². The average molecular weight is 289 g/mol. The number of nitrogens with zero attached hydrogens (tertiary/aromatic N) is 1. The molecule has 0 fully saturated rings. The Morgan fingerprint density at radius 3 is 2.37 bits per heavy atom. The third kappa shape index (κ3) is 4.46. The first-order chi connectivity index (χ1) is 9.02. The van der Waals surface area contributed by atoms with E-state index in [4.69, 9.17) is 14.6 Å². The molecule has 108 valence electrons. The maximum absolute atomic E-state index is 12.2. The van der Waals surface area contributed by atoms with E-state index in [-0.39, 0.29) is 18.1 Å². The molecule has 0 radical (unpaired) electrons. The van der Waals surface area contributed by atoms with Crippen LogP contribution in [0.4, 0.5) is 0 Å². The number of benzene rings is 1. The van der Waals surface area contributed by atoms with E-state index in [0.717, 1.165) is 0 Å². The zero-order chi connectivity index (χ0) is 14.3. The summed E-state index contributed by atoms with van der Waals surface area (Å²) < 4.78 is 35.6. The summed E-state index contributed by atoms with van der Waals surface area (Å²) >= 11 is 0. The molecule has 0 saturated heterocycles. The number of aliphatic hydroxyl groups excluding tert-OH is 1. The molecule has 0 aromatic heterocycles. The van der Waals surface area contributed by atoms with E-state index in [0.29, 0.717) is 18.9 Å². The molecular weight excluding hydrogens is 270 g/mol. The van der Waals surface area contributed by atoms with E-state index < -0.39 is 10.0 Å². The van der Waals surface area contributed by atoms with Crippen LogP contribution in [-0.2, 0) is 14.8 Å². The Balaban J connectivity index is 2.78. The molecule has 0 atom stereocenters. The average Bonchev–Trinajstić information content (AvgIpc) is 2.42. The van der Waals surface area contributed by atoms with Gasteiger partial charge in [-0.2, -0.15) is 4.31 Å². The lowest BCUT2D eigenvalue weighted by Crippen LogP contribution is -2.30. The lowest BCUT2D eigenvalue weighted by atomic mass is 10.3. The lowest BCUT2D eigenvalue weighted by Gasteiger charge is -2.16. The van der Waals surface area contributed by atoms with Crippen molar-refractivity contribution in [1.82, 2.24) is 4.31 Å². The quantitative estimate of drug-likeness (QED) is 0.746. The predicted octanol–water partition coefficient (Wildman–Crippen LogP) is 0.325. The van der Waals surface area contributed by atoms with Crippen LogP contribution in [0, 0.1) is 0 Å². The molecule has 0 spiro atoms. The van der Waals surface area contributed by atoms with Crippen LogP contribution in [0.1, 0.15) is 0 Å². The Bertz CT molecular complexity index is 471. The van der Waals surface area contributed by atoms with Crippen LogP contribution in [0.15, 0.2) is 29.2 Å². The number of aliphatic hydroxyl groups is 1. The SMILES string of the molecule is COCCN(C)S(=O)(=O)c1ccc(OCCO)cc1. The molecule has 0 bridgehead atoms. The number of hydrogen-bond donors (Lipinski definition) is 1. The highest BCUT2D eigenvalue weighted by Gasteiger charge is 2.20. The highest BCUT2D eigenvalue weighted by Crippen LogP contribution is 2.18. The Morgan fingerprint density at radius 2 is 1.84 bits per heavy atom. The van der Waals surface area contributed by atoms with Crippen LogP contribution in [0.5, 0.6) is 5.75 Å². The number of rotatable bonds is 8. The fraction of sp³-hybridized carbons (Fsp3) is 0.500. The van der Waals surface area contributed by atoms with Gasteiger partial charge in [0.05, 0.1) is 18.1 Å². The zero-order valence-electron chi connectivity index (χ0n) is 11.1. The standard InChI is InChI=1S/C12H19NO5S/c1-13(7-9-17-2)19(15,16)12-5-3-11(4-6-12)18-10-8-14/h3-6,14H,7-10H2,1-2H3. The summed E-state index contributed by atoms with van der Waals surface area (Å²) in [6.07, 6.45) is 0. The van der Waals surface area contributed by atoms with Crippen molar-refractivity contribution in [2.24, 2.45) is 0 Å². The molecule has 7 heteroatoms. The molecule has 0 heterocycles. The summed E-state index contributed by atoms with van der Waals surface area (Å²) in [6, 6.07) is 6.08. The minimum atomic E-state index is -3.50. The second-order valence-corrected chi connectivity index (χ2v) is 5.91. The van der Waals surface area contributed by atoms with Crippen molar-refractivity contribution < 1.29 is 23.0 Å². The van der Waals surface area contributed by atoms with E-state index in [2.05, 4.69) is 0 Å². The summed E-state index contributed by atoms with van der Waals surface area (Å²) in [6.45, 7) is 0.731. The van der Waals surface area contributed by atoms with Crippen molar-refractivity contribution in [3.63, 3.8) is 0 Å². The molecule has 6 nitrogen and oxygen atoms in total. The second-order valence-electron chi connectivity index (χ2n) is 3.86. The topological polar surface area (TPSA) is 76.1 Å². The van der Waals surface area contributed by atoms with Crippen LogP contribution in [-0.4, -0.2) is 58.4 Å². The predicted molar refractivity (Wildman–Crippen MR) is 70.7 cm³/mol. The molecule has 0 amide bonds. The van der Waals surface area contributed by atoms with E-state index in [1.807, 2.05) is 0 Å². The number of ether oxygens (including phenoxy) is 2. The van der Waals surface area contributed by atoms with Crippen molar-refractivity contribution in [2.75, 3.05) is 40.5 Å². The fourth-order valence-corrected chi connectivity index (χ4v) is 2.55. The van der Waals surface area contributed by atoms with Crippen molar-refractivity contribution in [2.45, 2.75) is 4.90 Å². The van der Waals surface area contributed by atoms with Crippen LogP contribution in [0.2, 0.25) is 0 Å². The molecular formula is C12H19NO5S. The summed E-state index contributed by atoms with van der Waals surface area (Å²) in [4.78, 5) is 0.197. The van der Waals surface area contributed by atoms with Gasteiger partial charge in [0.15, 0.2) is 0 Å². The van der Waals surface area contributed by atoms with Gasteiger partial charge in [0.2, 0.25) is 10.0 Å². The maximum atomic E-state index is 12.2. The first-order valence-corrected chi connectivity index (χ1v) is 7.25. The molecule has 0 saturated carbocycles.